The summed E-state index contributed by atoms with van der Waals surface area (Å²) in [7, 11) is -3.13. The van der Waals surface area contributed by atoms with Crippen LogP contribution in [0.15, 0.2) is 0 Å². The van der Waals surface area contributed by atoms with Gasteiger partial charge in [0, 0.05) is 19.2 Å². The summed E-state index contributed by atoms with van der Waals surface area (Å²) in [6.07, 6.45) is 7.18. The molecule has 4 nitrogen and oxygen atoms in total. The zero-order valence-electron chi connectivity index (χ0n) is 10.8. The zero-order valence-corrected chi connectivity index (χ0v) is 11.6. The van der Waals surface area contributed by atoms with E-state index in [0.29, 0.717) is 13.0 Å². The predicted octanol–water partition coefficient (Wildman–Crippen LogP) is 1.74. The highest BCUT2D eigenvalue weighted by atomic mass is 32.2. The molecule has 17 heavy (non-hydrogen) atoms. The van der Waals surface area contributed by atoms with Crippen LogP contribution in [0, 0.1) is 0 Å². The Balaban J connectivity index is 2.73. The first-order chi connectivity index (χ1) is 8.11. The molecule has 0 spiro atoms. The second-order valence-corrected chi connectivity index (χ2v) is 6.94. The molecule has 0 amide bonds. The molecule has 0 unspecified atom stereocenters. The fourth-order valence-corrected chi connectivity index (χ4v) is 3.89. The standard InChI is InChI=1S/C12H25NO3S/c1-2-17(15,16)13(10-7-11-14)12-8-5-3-4-6-9-12/h12,14H,2-11H2,1H3. The van der Waals surface area contributed by atoms with Crippen molar-refractivity contribution in [2.24, 2.45) is 0 Å². The summed E-state index contributed by atoms with van der Waals surface area (Å²) in [5.41, 5.74) is 0. The fourth-order valence-electron chi connectivity index (χ4n) is 2.49. The van der Waals surface area contributed by atoms with Crippen molar-refractivity contribution in [3.05, 3.63) is 0 Å². The average molecular weight is 263 g/mol. The zero-order chi connectivity index (χ0) is 12.7. The highest BCUT2D eigenvalue weighted by Gasteiger charge is 2.28. The summed E-state index contributed by atoms with van der Waals surface area (Å²) in [5, 5.41) is 8.89. The van der Waals surface area contributed by atoms with E-state index in [1.165, 1.54) is 12.8 Å². The number of aliphatic hydroxyl groups excluding tert-OH is 1. The molecular formula is C12H25NO3S. The second kappa shape index (κ2) is 7.34. The molecular weight excluding hydrogens is 238 g/mol. The van der Waals surface area contributed by atoms with Gasteiger partial charge in [-0.2, -0.15) is 4.31 Å². The molecule has 102 valence electrons. The summed E-state index contributed by atoms with van der Waals surface area (Å²) in [6, 6.07) is 0.161. The van der Waals surface area contributed by atoms with E-state index in [2.05, 4.69) is 0 Å². The van der Waals surface area contributed by atoms with Gasteiger partial charge in [0.05, 0.1) is 5.75 Å². The van der Waals surface area contributed by atoms with Gasteiger partial charge in [0.15, 0.2) is 0 Å². The van der Waals surface area contributed by atoms with Gasteiger partial charge in [-0.3, -0.25) is 0 Å². The molecule has 0 aromatic rings. The van der Waals surface area contributed by atoms with Crippen LogP contribution in [-0.2, 0) is 10.0 Å². The summed E-state index contributed by atoms with van der Waals surface area (Å²) < 4.78 is 25.8. The third-order valence-electron chi connectivity index (χ3n) is 3.49. The predicted molar refractivity (Wildman–Crippen MR) is 69.4 cm³/mol. The van der Waals surface area contributed by atoms with Gasteiger partial charge in [-0.1, -0.05) is 25.7 Å². The van der Waals surface area contributed by atoms with Crippen molar-refractivity contribution in [3.8, 4) is 0 Å². The van der Waals surface area contributed by atoms with Gasteiger partial charge < -0.3 is 5.11 Å². The van der Waals surface area contributed by atoms with Crippen LogP contribution in [0.25, 0.3) is 0 Å². The third-order valence-corrected chi connectivity index (χ3v) is 5.42. The van der Waals surface area contributed by atoms with E-state index in [-0.39, 0.29) is 18.4 Å². The Morgan fingerprint density at radius 2 is 1.76 bits per heavy atom. The Labute approximate surface area is 105 Å². The van der Waals surface area contributed by atoms with Crippen LogP contribution in [-0.4, -0.2) is 42.8 Å². The lowest BCUT2D eigenvalue weighted by atomic mass is 10.1. The molecule has 5 heteroatoms. The Kier molecular flexibility index (Phi) is 6.44. The Morgan fingerprint density at radius 3 is 2.24 bits per heavy atom. The smallest absolute Gasteiger partial charge is 0.214 e. The third kappa shape index (κ3) is 4.56. The van der Waals surface area contributed by atoms with Crippen molar-refractivity contribution in [3.63, 3.8) is 0 Å². The van der Waals surface area contributed by atoms with E-state index in [9.17, 15) is 8.42 Å². The molecule has 1 aliphatic carbocycles. The number of rotatable bonds is 6. The van der Waals surface area contributed by atoms with Crippen LogP contribution in [0.1, 0.15) is 51.9 Å². The highest BCUT2D eigenvalue weighted by molar-refractivity contribution is 7.89. The van der Waals surface area contributed by atoms with Gasteiger partial charge in [-0.15, -0.1) is 0 Å². The van der Waals surface area contributed by atoms with Crippen molar-refractivity contribution in [2.75, 3.05) is 18.9 Å². The lowest BCUT2D eigenvalue weighted by molar-refractivity contribution is 0.240. The molecule has 0 bridgehead atoms. The van der Waals surface area contributed by atoms with Gasteiger partial charge in [0.1, 0.15) is 0 Å². The average Bonchev–Trinajstić information content (AvgIpc) is 2.58. The second-order valence-electron chi connectivity index (χ2n) is 4.73. The Morgan fingerprint density at radius 1 is 1.18 bits per heavy atom. The molecule has 1 rings (SSSR count). The van der Waals surface area contributed by atoms with Gasteiger partial charge in [0.2, 0.25) is 10.0 Å². The fraction of sp³-hybridized carbons (Fsp3) is 1.00. The Bertz CT molecular complexity index is 295. The molecule has 0 aromatic carbocycles. The first-order valence-corrected chi connectivity index (χ1v) is 8.33. The molecule has 1 fully saturated rings. The van der Waals surface area contributed by atoms with E-state index in [1.807, 2.05) is 0 Å². The van der Waals surface area contributed by atoms with E-state index in [1.54, 1.807) is 11.2 Å². The molecule has 1 aliphatic rings. The van der Waals surface area contributed by atoms with Crippen LogP contribution in [0.2, 0.25) is 0 Å². The van der Waals surface area contributed by atoms with Gasteiger partial charge in [0.25, 0.3) is 0 Å². The Hall–Kier alpha value is -0.130. The quantitative estimate of drug-likeness (QED) is 0.743. The number of sulfonamides is 1. The van der Waals surface area contributed by atoms with Crippen LogP contribution < -0.4 is 0 Å². The molecule has 0 aromatic heterocycles. The monoisotopic (exact) mass is 263 g/mol. The van der Waals surface area contributed by atoms with Gasteiger partial charge >= 0.3 is 0 Å². The molecule has 1 saturated carbocycles. The minimum atomic E-state index is -3.13. The molecule has 0 atom stereocenters. The van der Waals surface area contributed by atoms with Crippen molar-refractivity contribution >= 4 is 10.0 Å². The molecule has 0 radical (unpaired) electrons. The number of hydrogen-bond acceptors (Lipinski definition) is 3. The van der Waals surface area contributed by atoms with Crippen molar-refractivity contribution in [1.82, 2.24) is 4.31 Å². The minimum Gasteiger partial charge on any atom is -0.396 e. The molecule has 0 aliphatic heterocycles. The van der Waals surface area contributed by atoms with E-state index >= 15 is 0 Å². The maximum atomic E-state index is 12.1. The largest absolute Gasteiger partial charge is 0.396 e. The normalized spacial score (nSPS) is 19.5. The molecule has 0 saturated heterocycles. The lowest BCUT2D eigenvalue weighted by Crippen LogP contribution is -2.41. The summed E-state index contributed by atoms with van der Waals surface area (Å²) in [5.74, 6) is 0.162. The van der Waals surface area contributed by atoms with Crippen molar-refractivity contribution in [1.29, 1.82) is 0 Å². The van der Waals surface area contributed by atoms with Crippen LogP contribution in [0.4, 0.5) is 0 Å². The van der Waals surface area contributed by atoms with Crippen LogP contribution in [0.5, 0.6) is 0 Å². The SMILES string of the molecule is CCS(=O)(=O)N(CCCO)C1CCCCCC1. The van der Waals surface area contributed by atoms with E-state index in [0.717, 1.165) is 25.7 Å². The van der Waals surface area contributed by atoms with E-state index < -0.39 is 10.0 Å². The molecule has 0 heterocycles. The maximum Gasteiger partial charge on any atom is 0.214 e. The van der Waals surface area contributed by atoms with Gasteiger partial charge in [-0.25, -0.2) is 8.42 Å². The van der Waals surface area contributed by atoms with Crippen molar-refractivity contribution < 1.29 is 13.5 Å². The first-order valence-electron chi connectivity index (χ1n) is 6.72. The van der Waals surface area contributed by atoms with Crippen LogP contribution >= 0.6 is 0 Å². The number of aliphatic hydroxyl groups is 1. The van der Waals surface area contributed by atoms with Gasteiger partial charge in [-0.05, 0) is 26.2 Å². The van der Waals surface area contributed by atoms with E-state index in [4.69, 9.17) is 5.11 Å². The minimum absolute atomic E-state index is 0.0580. The van der Waals surface area contributed by atoms with Crippen molar-refractivity contribution in [2.45, 2.75) is 57.9 Å². The summed E-state index contributed by atoms with van der Waals surface area (Å²) >= 11 is 0. The first kappa shape index (κ1) is 14.9. The summed E-state index contributed by atoms with van der Waals surface area (Å²) in [6.45, 7) is 2.22. The number of nitrogens with zero attached hydrogens (tertiary/aromatic N) is 1. The lowest BCUT2D eigenvalue weighted by Gasteiger charge is -2.29. The summed E-state index contributed by atoms with van der Waals surface area (Å²) in [4.78, 5) is 0. The highest BCUT2D eigenvalue weighted by Crippen LogP contribution is 2.24. The maximum absolute atomic E-state index is 12.1. The number of hydrogen-bond donors (Lipinski definition) is 1. The topological polar surface area (TPSA) is 57.6 Å². The molecule has 1 N–H and O–H groups in total. The van der Waals surface area contributed by atoms with Crippen LogP contribution in [0.3, 0.4) is 0 Å².